The van der Waals surface area contributed by atoms with Crippen LogP contribution in [0.25, 0.3) is 11.3 Å². The fourth-order valence-electron chi connectivity index (χ4n) is 3.90. The van der Waals surface area contributed by atoms with Gasteiger partial charge in [0.25, 0.3) is 0 Å². The molecule has 0 saturated carbocycles. The summed E-state index contributed by atoms with van der Waals surface area (Å²) >= 11 is 0. The lowest BCUT2D eigenvalue weighted by Gasteiger charge is -2.08. The number of unbranched alkanes of at least 4 members (excludes halogenated alkanes) is 6. The second-order valence-corrected chi connectivity index (χ2v) is 8.75. The zero-order valence-electron chi connectivity index (χ0n) is 20.4. The number of carbonyl (C=O) groups excluding carboxylic acids is 1. The highest BCUT2D eigenvalue weighted by molar-refractivity contribution is 5.91. The number of carbonyl (C=O) groups is 1. The van der Waals surface area contributed by atoms with Gasteiger partial charge in [0.15, 0.2) is 11.6 Å². The molecule has 0 N–H and O–H groups in total. The fourth-order valence-corrected chi connectivity index (χ4v) is 3.90. The molecule has 0 unspecified atom stereocenters. The van der Waals surface area contributed by atoms with Crippen LogP contribution >= 0.6 is 0 Å². The Morgan fingerprint density at radius 1 is 0.824 bits per heavy atom. The molecule has 0 aliphatic carbocycles. The van der Waals surface area contributed by atoms with Gasteiger partial charge in [-0.3, -0.25) is 9.97 Å². The first-order valence-electron chi connectivity index (χ1n) is 12.5. The van der Waals surface area contributed by atoms with Gasteiger partial charge in [-0.2, -0.15) is 0 Å². The van der Waals surface area contributed by atoms with Gasteiger partial charge in [0.2, 0.25) is 0 Å². The number of benzene rings is 2. The highest BCUT2D eigenvalue weighted by Crippen LogP contribution is 2.22. The summed E-state index contributed by atoms with van der Waals surface area (Å²) in [6.45, 7) is 4.27. The van der Waals surface area contributed by atoms with E-state index in [4.69, 9.17) is 4.74 Å². The number of hydrogen-bond donors (Lipinski definition) is 0. The van der Waals surface area contributed by atoms with Crippen molar-refractivity contribution in [3.05, 3.63) is 77.5 Å². The van der Waals surface area contributed by atoms with Gasteiger partial charge in [-0.05, 0) is 49.1 Å². The van der Waals surface area contributed by atoms with Crippen LogP contribution in [-0.4, -0.2) is 15.9 Å². The lowest BCUT2D eigenvalue weighted by molar-refractivity contribution is 0.0728. The van der Waals surface area contributed by atoms with E-state index < -0.39 is 11.8 Å². The summed E-state index contributed by atoms with van der Waals surface area (Å²) in [5, 5.41) is 0. The molecule has 5 heteroatoms. The van der Waals surface area contributed by atoms with Crippen molar-refractivity contribution in [3.63, 3.8) is 0 Å². The van der Waals surface area contributed by atoms with Gasteiger partial charge in [0.05, 0.1) is 23.1 Å². The Bertz CT molecular complexity index is 1030. The summed E-state index contributed by atoms with van der Waals surface area (Å²) in [6, 6.07) is 11.6. The summed E-state index contributed by atoms with van der Waals surface area (Å²) < 4.78 is 19.5. The molecule has 0 aliphatic heterocycles. The third-order valence-corrected chi connectivity index (χ3v) is 5.90. The molecular weight excluding hydrogens is 427 g/mol. The summed E-state index contributed by atoms with van der Waals surface area (Å²) in [4.78, 5) is 21.5. The predicted octanol–water partition coefficient (Wildman–Crippen LogP) is 7.75. The Morgan fingerprint density at radius 3 is 2.21 bits per heavy atom. The van der Waals surface area contributed by atoms with E-state index >= 15 is 0 Å². The molecule has 0 fully saturated rings. The molecular formula is C29H35FN2O2. The van der Waals surface area contributed by atoms with Crippen molar-refractivity contribution in [2.45, 2.75) is 78.1 Å². The monoisotopic (exact) mass is 462 g/mol. The first-order valence-corrected chi connectivity index (χ1v) is 12.5. The molecule has 0 radical (unpaired) electrons. The number of hydrogen-bond acceptors (Lipinski definition) is 4. The van der Waals surface area contributed by atoms with E-state index in [9.17, 15) is 9.18 Å². The molecule has 0 spiro atoms. The van der Waals surface area contributed by atoms with Gasteiger partial charge in [0.1, 0.15) is 0 Å². The molecule has 1 aromatic heterocycles. The van der Waals surface area contributed by atoms with E-state index in [1.165, 1.54) is 50.7 Å². The molecule has 0 saturated heterocycles. The lowest BCUT2D eigenvalue weighted by atomic mass is 10.1. The Hall–Kier alpha value is -3.08. The lowest BCUT2D eigenvalue weighted by Crippen LogP contribution is -2.09. The van der Waals surface area contributed by atoms with Crippen LogP contribution < -0.4 is 4.74 Å². The van der Waals surface area contributed by atoms with Crippen LogP contribution in [0.1, 0.15) is 86.8 Å². The molecule has 34 heavy (non-hydrogen) atoms. The van der Waals surface area contributed by atoms with E-state index in [0.717, 1.165) is 48.2 Å². The van der Waals surface area contributed by atoms with E-state index in [1.807, 2.05) is 13.1 Å². The van der Waals surface area contributed by atoms with Crippen molar-refractivity contribution in [2.24, 2.45) is 0 Å². The fraction of sp³-hybridized carbons (Fsp3) is 0.414. The topological polar surface area (TPSA) is 52.1 Å². The third kappa shape index (κ3) is 7.75. The molecule has 2 aromatic carbocycles. The van der Waals surface area contributed by atoms with Crippen molar-refractivity contribution >= 4 is 5.97 Å². The first-order chi connectivity index (χ1) is 16.6. The average molecular weight is 463 g/mol. The standard InChI is InChI=1S/C29H35FN2O2/c1-3-5-6-7-8-9-10-12-25-20-32-27(21-31-25)23-14-16-24(17-15-23)29(33)34-28-18-13-22(11-4-2)19-26(28)30/h13-21H,3-12H2,1-2H3. The summed E-state index contributed by atoms with van der Waals surface area (Å²) in [5.41, 5.74) is 3.86. The Kier molecular flexibility index (Phi) is 10.2. The zero-order valence-corrected chi connectivity index (χ0v) is 20.4. The minimum Gasteiger partial charge on any atom is -0.420 e. The Labute approximate surface area is 202 Å². The van der Waals surface area contributed by atoms with E-state index in [-0.39, 0.29) is 5.75 Å². The second-order valence-electron chi connectivity index (χ2n) is 8.75. The first kappa shape index (κ1) is 25.5. The maximum atomic E-state index is 14.2. The average Bonchev–Trinajstić information content (AvgIpc) is 2.86. The highest BCUT2D eigenvalue weighted by Gasteiger charge is 2.13. The van der Waals surface area contributed by atoms with Crippen LogP contribution in [0.4, 0.5) is 4.39 Å². The Balaban J connectivity index is 1.51. The van der Waals surface area contributed by atoms with Gasteiger partial charge in [-0.1, -0.05) is 77.0 Å². The van der Waals surface area contributed by atoms with Gasteiger partial charge in [-0.15, -0.1) is 0 Å². The van der Waals surface area contributed by atoms with E-state index in [2.05, 4.69) is 16.9 Å². The third-order valence-electron chi connectivity index (χ3n) is 5.90. The maximum Gasteiger partial charge on any atom is 0.343 e. The SMILES string of the molecule is CCCCCCCCCc1cnc(-c2ccc(C(=O)Oc3ccc(CCC)cc3F)cc2)cn1. The molecule has 0 atom stereocenters. The van der Waals surface area contributed by atoms with Crippen LogP contribution in [0, 0.1) is 5.82 Å². The number of aromatic nitrogens is 2. The number of rotatable bonds is 13. The number of halogens is 1. The number of ether oxygens (including phenoxy) is 1. The van der Waals surface area contributed by atoms with Crippen molar-refractivity contribution in [1.29, 1.82) is 0 Å². The molecule has 3 aromatic rings. The van der Waals surface area contributed by atoms with E-state index in [1.54, 1.807) is 36.5 Å². The van der Waals surface area contributed by atoms with Gasteiger partial charge >= 0.3 is 5.97 Å². The molecule has 4 nitrogen and oxygen atoms in total. The molecule has 1 heterocycles. The van der Waals surface area contributed by atoms with Crippen LogP contribution in [-0.2, 0) is 12.8 Å². The number of aryl methyl sites for hydroxylation is 2. The molecule has 180 valence electrons. The normalized spacial score (nSPS) is 10.9. The van der Waals surface area contributed by atoms with Crippen LogP contribution in [0.15, 0.2) is 54.9 Å². The van der Waals surface area contributed by atoms with Crippen LogP contribution in [0.3, 0.4) is 0 Å². The minimum atomic E-state index is -0.593. The summed E-state index contributed by atoms with van der Waals surface area (Å²) in [5.74, 6) is -1.18. The predicted molar refractivity (Wildman–Crippen MR) is 135 cm³/mol. The van der Waals surface area contributed by atoms with Crippen molar-refractivity contribution < 1.29 is 13.9 Å². The molecule has 3 rings (SSSR count). The van der Waals surface area contributed by atoms with Gasteiger partial charge < -0.3 is 4.74 Å². The second kappa shape index (κ2) is 13.6. The number of esters is 1. The van der Waals surface area contributed by atoms with Crippen LogP contribution in [0.2, 0.25) is 0 Å². The minimum absolute atomic E-state index is 0.0589. The summed E-state index contributed by atoms with van der Waals surface area (Å²) in [7, 11) is 0. The quantitative estimate of drug-likeness (QED) is 0.148. The Morgan fingerprint density at radius 2 is 1.56 bits per heavy atom. The smallest absolute Gasteiger partial charge is 0.343 e. The van der Waals surface area contributed by atoms with Crippen molar-refractivity contribution in [3.8, 4) is 17.0 Å². The van der Waals surface area contributed by atoms with E-state index in [0.29, 0.717) is 5.56 Å². The molecule has 0 aliphatic rings. The zero-order chi connectivity index (χ0) is 24.2. The molecule has 0 amide bonds. The number of nitrogens with zero attached hydrogens (tertiary/aromatic N) is 2. The maximum absolute atomic E-state index is 14.2. The van der Waals surface area contributed by atoms with Gasteiger partial charge in [0, 0.05) is 11.8 Å². The summed E-state index contributed by atoms with van der Waals surface area (Å²) in [6.07, 6.45) is 15.2. The van der Waals surface area contributed by atoms with Crippen molar-refractivity contribution in [1.82, 2.24) is 9.97 Å². The van der Waals surface area contributed by atoms with Crippen LogP contribution in [0.5, 0.6) is 5.75 Å². The van der Waals surface area contributed by atoms with Crippen molar-refractivity contribution in [2.75, 3.05) is 0 Å². The van der Waals surface area contributed by atoms with Gasteiger partial charge in [-0.25, -0.2) is 9.18 Å². The highest BCUT2D eigenvalue weighted by atomic mass is 19.1. The largest absolute Gasteiger partial charge is 0.420 e. The molecule has 0 bridgehead atoms.